The minimum atomic E-state index is -0.295. The van der Waals surface area contributed by atoms with E-state index in [0.29, 0.717) is 19.1 Å². The van der Waals surface area contributed by atoms with Gasteiger partial charge >= 0.3 is 0 Å². The highest BCUT2D eigenvalue weighted by atomic mass is 16.2. The van der Waals surface area contributed by atoms with Gasteiger partial charge in [0.05, 0.1) is 12.6 Å². The summed E-state index contributed by atoms with van der Waals surface area (Å²) in [5, 5.41) is 3.35. The molecule has 36 heavy (non-hydrogen) atoms. The Hall–Kier alpha value is -2.21. The van der Waals surface area contributed by atoms with Crippen molar-refractivity contribution in [1.82, 2.24) is 15.1 Å². The SMILES string of the molecule is CC(C)C(=O)[C@@H](C1CCCCC1)N1CCc2ccc(C3CCCN(C(=O)CNC4CC4)C3)cc2C1=O.[HH]. The molecule has 0 spiro atoms. The number of hydrogen-bond acceptors (Lipinski definition) is 4. The molecule has 1 aromatic carbocycles. The first-order chi connectivity index (χ1) is 17.4. The summed E-state index contributed by atoms with van der Waals surface area (Å²) in [6, 6.07) is 6.61. The molecule has 4 aliphatic rings. The molecule has 0 aromatic heterocycles. The molecule has 0 radical (unpaired) electrons. The van der Waals surface area contributed by atoms with Crippen LogP contribution in [-0.2, 0) is 16.0 Å². The number of benzene rings is 1. The summed E-state index contributed by atoms with van der Waals surface area (Å²) in [6.45, 7) is 6.54. The molecule has 5 rings (SSSR count). The molecular formula is C30H45N3O3. The predicted octanol–water partition coefficient (Wildman–Crippen LogP) is 4.56. The number of nitrogens with one attached hydrogen (secondary N) is 1. The molecule has 6 nitrogen and oxygen atoms in total. The third kappa shape index (κ3) is 5.53. The van der Waals surface area contributed by atoms with Gasteiger partial charge in [0.25, 0.3) is 5.91 Å². The van der Waals surface area contributed by atoms with E-state index in [1.165, 1.54) is 19.3 Å². The summed E-state index contributed by atoms with van der Waals surface area (Å²) in [4.78, 5) is 43.9. The largest absolute Gasteiger partial charge is 0.341 e. The van der Waals surface area contributed by atoms with Gasteiger partial charge in [-0.25, -0.2) is 0 Å². The van der Waals surface area contributed by atoms with E-state index in [4.69, 9.17) is 0 Å². The fraction of sp³-hybridized carbons (Fsp3) is 0.700. The van der Waals surface area contributed by atoms with Gasteiger partial charge in [0.2, 0.25) is 5.91 Å². The van der Waals surface area contributed by atoms with Crippen molar-refractivity contribution in [3.05, 3.63) is 34.9 Å². The van der Waals surface area contributed by atoms with Crippen molar-refractivity contribution in [3.8, 4) is 0 Å². The number of amides is 2. The van der Waals surface area contributed by atoms with Crippen LogP contribution in [0.3, 0.4) is 0 Å². The van der Waals surface area contributed by atoms with Crippen LogP contribution in [0.4, 0.5) is 0 Å². The van der Waals surface area contributed by atoms with Crippen molar-refractivity contribution >= 4 is 17.6 Å². The van der Waals surface area contributed by atoms with Crippen molar-refractivity contribution < 1.29 is 15.8 Å². The van der Waals surface area contributed by atoms with Gasteiger partial charge in [-0.1, -0.05) is 45.2 Å². The van der Waals surface area contributed by atoms with Crippen LogP contribution in [0.2, 0.25) is 0 Å². The number of hydrogen-bond donors (Lipinski definition) is 1. The van der Waals surface area contributed by atoms with Crippen LogP contribution in [0.1, 0.15) is 100 Å². The zero-order valence-corrected chi connectivity index (χ0v) is 22.1. The van der Waals surface area contributed by atoms with E-state index >= 15 is 0 Å². The Balaban J connectivity index is 0.00000320. The number of carbonyl (C=O) groups excluding carboxylic acids is 3. The molecule has 2 amide bonds. The maximum absolute atomic E-state index is 13.9. The summed E-state index contributed by atoms with van der Waals surface area (Å²) in [7, 11) is 0. The third-order valence-corrected chi connectivity index (χ3v) is 8.90. The Morgan fingerprint density at radius 3 is 2.53 bits per heavy atom. The second-order valence-corrected chi connectivity index (χ2v) is 11.9. The Kier molecular flexibility index (Phi) is 7.80. The molecule has 0 bridgehead atoms. The van der Waals surface area contributed by atoms with Gasteiger partial charge in [-0.15, -0.1) is 0 Å². The first kappa shape index (κ1) is 25.4. The quantitative estimate of drug-likeness (QED) is 0.574. The number of Topliss-reactive ketones (excluding diaryl/α,β-unsaturated/α-hetero) is 1. The van der Waals surface area contributed by atoms with Crippen molar-refractivity contribution in [3.63, 3.8) is 0 Å². The van der Waals surface area contributed by atoms with Gasteiger partial charge in [0.1, 0.15) is 0 Å². The van der Waals surface area contributed by atoms with Crippen LogP contribution >= 0.6 is 0 Å². The van der Waals surface area contributed by atoms with Crippen molar-refractivity contribution in [2.75, 3.05) is 26.2 Å². The molecule has 6 heteroatoms. The van der Waals surface area contributed by atoms with Gasteiger partial charge < -0.3 is 15.1 Å². The van der Waals surface area contributed by atoms with E-state index in [2.05, 4.69) is 23.5 Å². The standard InChI is InChI=1S/C30H43N3O3.H2/c1-20(2)29(35)28(22-7-4-3-5-8-22)33-16-14-21-10-11-23(17-26(21)30(33)36)24-9-6-15-32(19-24)27(34)18-31-25-12-13-25;/h10-11,17,20,22,24-25,28,31H,3-9,12-16,18-19H2,1-2H3;1H/t24?,28-;/m1./s1. The molecule has 1 N–H and O–H groups in total. The summed E-state index contributed by atoms with van der Waals surface area (Å²) in [5.74, 6) is 0.899. The zero-order chi connectivity index (χ0) is 25.2. The Morgan fingerprint density at radius 1 is 1.03 bits per heavy atom. The maximum atomic E-state index is 13.9. The van der Waals surface area contributed by atoms with Gasteiger partial charge in [-0.2, -0.15) is 0 Å². The fourth-order valence-electron chi connectivity index (χ4n) is 6.57. The molecule has 1 unspecified atom stereocenters. The number of ketones is 1. The van der Waals surface area contributed by atoms with Crippen LogP contribution in [0.15, 0.2) is 18.2 Å². The predicted molar refractivity (Wildman–Crippen MR) is 143 cm³/mol. The summed E-state index contributed by atoms with van der Waals surface area (Å²) in [5.41, 5.74) is 3.02. The van der Waals surface area contributed by atoms with E-state index < -0.39 is 0 Å². The number of fused-ring (bicyclic) bond motifs is 1. The summed E-state index contributed by atoms with van der Waals surface area (Å²) >= 11 is 0. The highest BCUT2D eigenvalue weighted by molar-refractivity contribution is 6.00. The van der Waals surface area contributed by atoms with Crippen LogP contribution in [0, 0.1) is 11.8 Å². The fourth-order valence-corrected chi connectivity index (χ4v) is 6.57. The van der Waals surface area contributed by atoms with Crippen molar-refractivity contribution in [2.24, 2.45) is 11.8 Å². The lowest BCUT2D eigenvalue weighted by Gasteiger charge is -2.41. The number of carbonyl (C=O) groups is 3. The van der Waals surface area contributed by atoms with Gasteiger partial charge in [-0.05, 0) is 68.1 Å². The molecule has 2 saturated carbocycles. The monoisotopic (exact) mass is 495 g/mol. The van der Waals surface area contributed by atoms with E-state index in [0.717, 1.165) is 74.7 Å². The van der Waals surface area contributed by atoms with E-state index in [9.17, 15) is 14.4 Å². The van der Waals surface area contributed by atoms with Crippen LogP contribution in [0.5, 0.6) is 0 Å². The zero-order valence-electron chi connectivity index (χ0n) is 22.1. The normalized spacial score (nSPS) is 24.1. The van der Waals surface area contributed by atoms with Crippen molar-refractivity contribution in [2.45, 2.75) is 96.1 Å². The van der Waals surface area contributed by atoms with E-state index in [1.807, 2.05) is 23.6 Å². The van der Waals surface area contributed by atoms with E-state index in [-0.39, 0.29) is 42.8 Å². The Labute approximate surface area is 217 Å². The topological polar surface area (TPSA) is 69.7 Å². The molecule has 2 heterocycles. The molecule has 198 valence electrons. The second-order valence-electron chi connectivity index (χ2n) is 11.9. The van der Waals surface area contributed by atoms with Crippen molar-refractivity contribution in [1.29, 1.82) is 0 Å². The molecule has 2 aliphatic heterocycles. The molecule has 3 fully saturated rings. The first-order valence-corrected chi connectivity index (χ1v) is 14.4. The molecule has 2 aliphatic carbocycles. The Bertz CT molecular complexity index is 986. The van der Waals surface area contributed by atoms with Gasteiger partial charge in [0.15, 0.2) is 5.78 Å². The highest BCUT2D eigenvalue weighted by Crippen LogP contribution is 2.35. The summed E-state index contributed by atoms with van der Waals surface area (Å²) in [6.07, 6.45) is 10.8. The van der Waals surface area contributed by atoms with Gasteiger partial charge in [-0.3, -0.25) is 14.4 Å². The number of nitrogens with zero attached hydrogens (tertiary/aromatic N) is 2. The Morgan fingerprint density at radius 2 is 1.81 bits per heavy atom. The molecular weight excluding hydrogens is 450 g/mol. The molecule has 1 aromatic rings. The molecule has 1 saturated heterocycles. The first-order valence-electron chi connectivity index (χ1n) is 14.4. The van der Waals surface area contributed by atoms with Crippen LogP contribution < -0.4 is 5.32 Å². The number of piperidine rings is 1. The van der Waals surface area contributed by atoms with Crippen LogP contribution in [-0.4, -0.2) is 65.7 Å². The third-order valence-electron chi connectivity index (χ3n) is 8.90. The van der Waals surface area contributed by atoms with Crippen LogP contribution in [0.25, 0.3) is 0 Å². The second kappa shape index (κ2) is 11.0. The number of likely N-dealkylation sites (tertiary alicyclic amines) is 1. The lowest BCUT2D eigenvalue weighted by molar-refractivity contribution is -0.131. The smallest absolute Gasteiger partial charge is 0.254 e. The highest BCUT2D eigenvalue weighted by Gasteiger charge is 2.40. The minimum absolute atomic E-state index is 0. The van der Waals surface area contributed by atoms with E-state index in [1.54, 1.807) is 0 Å². The van der Waals surface area contributed by atoms with Gasteiger partial charge in [0, 0.05) is 44.5 Å². The maximum Gasteiger partial charge on any atom is 0.254 e. The summed E-state index contributed by atoms with van der Waals surface area (Å²) < 4.78 is 0. The lowest BCUT2D eigenvalue weighted by Crippen LogP contribution is -2.53. The number of rotatable bonds is 8. The lowest BCUT2D eigenvalue weighted by atomic mass is 9.78. The average Bonchev–Trinajstić information content (AvgIpc) is 3.74. The average molecular weight is 496 g/mol. The molecule has 2 atom stereocenters. The minimum Gasteiger partial charge on any atom is -0.341 e.